The van der Waals surface area contributed by atoms with Crippen LogP contribution in [0.25, 0.3) is 0 Å². The number of hydrogen-bond donors (Lipinski definition) is 0. The molecule has 1 aromatic carbocycles. The lowest BCUT2D eigenvalue weighted by Gasteiger charge is -2.13. The van der Waals surface area contributed by atoms with E-state index in [2.05, 4.69) is 0 Å². The van der Waals surface area contributed by atoms with Gasteiger partial charge in [-0.15, -0.1) is 0 Å². The number of hydrogen-bond acceptors (Lipinski definition) is 4. The zero-order chi connectivity index (χ0) is 13.1. The van der Waals surface area contributed by atoms with Crippen LogP contribution in [0.5, 0.6) is 11.5 Å². The van der Waals surface area contributed by atoms with Crippen LogP contribution in [0.1, 0.15) is 18.1 Å². The molecule has 96 valence electrons. The fourth-order valence-electron chi connectivity index (χ4n) is 1.61. The van der Waals surface area contributed by atoms with Crippen molar-refractivity contribution in [3.05, 3.63) is 23.3 Å². The predicted molar refractivity (Wildman–Crippen MR) is 67.4 cm³/mol. The number of methoxy groups -OCH3 is 2. The van der Waals surface area contributed by atoms with E-state index in [1.807, 2.05) is 6.92 Å². The SMILES string of the molecule is CCc1cc(CS(=O)(=O)Cl)c(OC)cc1OC. The van der Waals surface area contributed by atoms with Gasteiger partial charge in [0.05, 0.1) is 20.0 Å². The zero-order valence-corrected chi connectivity index (χ0v) is 11.6. The molecule has 0 unspecified atom stereocenters. The van der Waals surface area contributed by atoms with Crippen LogP contribution in [0.4, 0.5) is 0 Å². The third-order valence-corrected chi connectivity index (χ3v) is 3.38. The molecule has 0 saturated heterocycles. The van der Waals surface area contributed by atoms with Gasteiger partial charge in [-0.1, -0.05) is 6.92 Å². The molecule has 4 nitrogen and oxygen atoms in total. The average Bonchev–Trinajstić information content (AvgIpc) is 2.26. The van der Waals surface area contributed by atoms with Gasteiger partial charge in [-0.05, 0) is 18.1 Å². The van der Waals surface area contributed by atoms with E-state index in [-0.39, 0.29) is 5.75 Å². The van der Waals surface area contributed by atoms with Gasteiger partial charge in [0.1, 0.15) is 11.5 Å². The number of ether oxygens (including phenoxy) is 2. The number of rotatable bonds is 5. The van der Waals surface area contributed by atoms with E-state index in [1.165, 1.54) is 7.11 Å². The Kier molecular flexibility index (Phi) is 4.65. The molecule has 1 aromatic rings. The van der Waals surface area contributed by atoms with E-state index < -0.39 is 9.05 Å². The van der Waals surface area contributed by atoms with Crippen LogP contribution in [0, 0.1) is 0 Å². The minimum atomic E-state index is -3.60. The molecule has 0 radical (unpaired) electrons. The highest BCUT2D eigenvalue weighted by Crippen LogP contribution is 2.31. The summed E-state index contributed by atoms with van der Waals surface area (Å²) in [4.78, 5) is 0. The van der Waals surface area contributed by atoms with Gasteiger partial charge in [0.15, 0.2) is 0 Å². The van der Waals surface area contributed by atoms with Crippen molar-refractivity contribution in [2.75, 3.05) is 14.2 Å². The fourth-order valence-corrected chi connectivity index (χ4v) is 2.56. The first kappa shape index (κ1) is 14.1. The summed E-state index contributed by atoms with van der Waals surface area (Å²) in [5, 5.41) is 0. The van der Waals surface area contributed by atoms with E-state index in [1.54, 1.807) is 19.2 Å². The summed E-state index contributed by atoms with van der Waals surface area (Å²) in [6.07, 6.45) is 0.739. The zero-order valence-electron chi connectivity index (χ0n) is 9.99. The van der Waals surface area contributed by atoms with Gasteiger partial charge in [0, 0.05) is 22.3 Å². The van der Waals surface area contributed by atoms with Gasteiger partial charge in [0.2, 0.25) is 9.05 Å². The van der Waals surface area contributed by atoms with Gasteiger partial charge in [0.25, 0.3) is 0 Å². The standard InChI is InChI=1S/C11H15ClO4S/c1-4-8-5-9(7-17(12,13)14)11(16-3)6-10(8)15-2/h5-6H,4,7H2,1-3H3. The molecule has 0 fully saturated rings. The van der Waals surface area contributed by atoms with Crippen molar-refractivity contribution in [2.45, 2.75) is 19.1 Å². The van der Waals surface area contributed by atoms with Gasteiger partial charge < -0.3 is 9.47 Å². The van der Waals surface area contributed by atoms with Crippen molar-refractivity contribution in [3.63, 3.8) is 0 Å². The largest absolute Gasteiger partial charge is 0.496 e. The van der Waals surface area contributed by atoms with Crippen molar-refractivity contribution in [2.24, 2.45) is 0 Å². The highest BCUT2D eigenvalue weighted by atomic mass is 35.7. The van der Waals surface area contributed by atoms with Crippen molar-refractivity contribution in [1.82, 2.24) is 0 Å². The minimum Gasteiger partial charge on any atom is -0.496 e. The van der Waals surface area contributed by atoms with Crippen LogP contribution in [-0.2, 0) is 21.2 Å². The third kappa shape index (κ3) is 3.78. The molecule has 0 bridgehead atoms. The summed E-state index contributed by atoms with van der Waals surface area (Å²) in [6.45, 7) is 1.96. The van der Waals surface area contributed by atoms with E-state index in [0.717, 1.165) is 12.0 Å². The van der Waals surface area contributed by atoms with E-state index in [0.29, 0.717) is 17.1 Å². The minimum absolute atomic E-state index is 0.255. The number of aryl methyl sites for hydroxylation is 1. The molecule has 0 aromatic heterocycles. The summed E-state index contributed by atoms with van der Waals surface area (Å²) >= 11 is 0. The highest BCUT2D eigenvalue weighted by molar-refractivity contribution is 8.13. The second kappa shape index (κ2) is 5.60. The second-order valence-corrected chi connectivity index (χ2v) is 6.29. The summed E-state index contributed by atoms with van der Waals surface area (Å²) in [6, 6.07) is 3.42. The smallest absolute Gasteiger partial charge is 0.236 e. The highest BCUT2D eigenvalue weighted by Gasteiger charge is 2.15. The molecule has 0 saturated carbocycles. The van der Waals surface area contributed by atoms with Crippen LogP contribution < -0.4 is 9.47 Å². The van der Waals surface area contributed by atoms with Gasteiger partial charge >= 0.3 is 0 Å². The van der Waals surface area contributed by atoms with Gasteiger partial charge in [-0.2, -0.15) is 0 Å². The predicted octanol–water partition coefficient (Wildman–Crippen LogP) is 2.33. The maximum atomic E-state index is 11.1. The molecule has 0 spiro atoms. The molecule has 0 aliphatic carbocycles. The van der Waals surface area contributed by atoms with E-state index in [4.69, 9.17) is 20.2 Å². The molecule has 0 aliphatic heterocycles. The van der Waals surface area contributed by atoms with E-state index in [9.17, 15) is 8.42 Å². The first-order valence-corrected chi connectivity index (χ1v) is 7.55. The Labute approximate surface area is 106 Å². The maximum Gasteiger partial charge on any atom is 0.236 e. The first-order valence-electron chi connectivity index (χ1n) is 5.07. The van der Waals surface area contributed by atoms with Crippen LogP contribution in [0.2, 0.25) is 0 Å². The Bertz CT molecular complexity index is 496. The van der Waals surface area contributed by atoms with Crippen LogP contribution in [0.15, 0.2) is 12.1 Å². The molecule has 0 aliphatic rings. The van der Waals surface area contributed by atoms with E-state index >= 15 is 0 Å². The summed E-state index contributed by atoms with van der Waals surface area (Å²) in [5.41, 5.74) is 1.46. The lowest BCUT2D eigenvalue weighted by molar-refractivity contribution is 0.389. The molecule has 0 N–H and O–H groups in total. The topological polar surface area (TPSA) is 52.6 Å². The monoisotopic (exact) mass is 278 g/mol. The van der Waals surface area contributed by atoms with Crippen LogP contribution in [-0.4, -0.2) is 22.6 Å². The Hall–Kier alpha value is -0.940. The third-order valence-electron chi connectivity index (χ3n) is 2.39. The molecule has 1 rings (SSSR count). The summed E-state index contributed by atoms with van der Waals surface area (Å²) < 4.78 is 32.5. The van der Waals surface area contributed by atoms with Gasteiger partial charge in [-0.25, -0.2) is 8.42 Å². The lowest BCUT2D eigenvalue weighted by atomic mass is 10.1. The number of benzene rings is 1. The quantitative estimate of drug-likeness (QED) is 0.776. The molecule has 0 amide bonds. The van der Waals surface area contributed by atoms with Crippen molar-refractivity contribution in [3.8, 4) is 11.5 Å². The van der Waals surface area contributed by atoms with Crippen LogP contribution >= 0.6 is 10.7 Å². The molecular formula is C11H15ClO4S. The Morgan fingerprint density at radius 3 is 2.06 bits per heavy atom. The second-order valence-electron chi connectivity index (χ2n) is 3.51. The molecule has 0 atom stereocenters. The van der Waals surface area contributed by atoms with Crippen molar-refractivity contribution >= 4 is 19.7 Å². The Balaban J connectivity index is 3.28. The Morgan fingerprint density at radius 2 is 1.65 bits per heavy atom. The number of halogens is 1. The molecule has 0 heterocycles. The summed E-state index contributed by atoms with van der Waals surface area (Å²) in [7, 11) is 4.69. The normalized spacial score (nSPS) is 11.3. The first-order chi connectivity index (χ1) is 7.91. The molecule has 6 heteroatoms. The van der Waals surface area contributed by atoms with Crippen molar-refractivity contribution in [1.29, 1.82) is 0 Å². The average molecular weight is 279 g/mol. The fraction of sp³-hybridized carbons (Fsp3) is 0.455. The maximum absolute atomic E-state index is 11.1. The lowest BCUT2D eigenvalue weighted by Crippen LogP contribution is -2.01. The molecule has 17 heavy (non-hydrogen) atoms. The Morgan fingerprint density at radius 1 is 1.12 bits per heavy atom. The van der Waals surface area contributed by atoms with Crippen molar-refractivity contribution < 1.29 is 17.9 Å². The van der Waals surface area contributed by atoms with Crippen LogP contribution in [0.3, 0.4) is 0 Å². The molecular weight excluding hydrogens is 264 g/mol. The summed E-state index contributed by atoms with van der Waals surface area (Å²) in [5.74, 6) is 0.887. The van der Waals surface area contributed by atoms with Gasteiger partial charge in [-0.3, -0.25) is 0 Å².